The van der Waals surface area contributed by atoms with Crippen molar-refractivity contribution in [2.45, 2.75) is 63.0 Å². The number of aromatic nitrogens is 2. The van der Waals surface area contributed by atoms with Gasteiger partial charge in [0.25, 0.3) is 0 Å². The first-order valence-corrected chi connectivity index (χ1v) is 9.72. The Labute approximate surface area is 146 Å². The number of nitrogens with zero attached hydrogens (tertiary/aromatic N) is 4. The van der Waals surface area contributed by atoms with E-state index in [9.17, 15) is 9.59 Å². The highest BCUT2D eigenvalue weighted by atomic mass is 32.2. The van der Waals surface area contributed by atoms with Crippen LogP contribution in [0.25, 0.3) is 0 Å². The monoisotopic (exact) mass is 348 g/mol. The van der Waals surface area contributed by atoms with Gasteiger partial charge in [-0.2, -0.15) is 0 Å². The Balaban J connectivity index is 1.46. The Bertz CT molecular complexity index is 665. The zero-order valence-corrected chi connectivity index (χ0v) is 15.1. The van der Waals surface area contributed by atoms with E-state index < -0.39 is 0 Å². The predicted molar refractivity (Wildman–Crippen MR) is 92.4 cm³/mol. The van der Waals surface area contributed by atoms with E-state index in [0.717, 1.165) is 30.9 Å². The molecule has 130 valence electrons. The zero-order valence-electron chi connectivity index (χ0n) is 14.3. The standard InChI is InChI=1S/C17H24N4O2S/c1-17-7-6-15(22)21(17)13(11-24-17)16(23)19(2)9-12-10-20-8-4-3-5-14(20)18-12/h10,13H,3-9,11H2,1-2H3/t13-,17-/m0/s1. The summed E-state index contributed by atoms with van der Waals surface area (Å²) in [5.74, 6) is 1.99. The maximum atomic E-state index is 12.9. The van der Waals surface area contributed by atoms with Crippen molar-refractivity contribution in [2.24, 2.45) is 0 Å². The highest BCUT2D eigenvalue weighted by molar-refractivity contribution is 8.01. The molecule has 0 aromatic carbocycles. The molecule has 2 amide bonds. The smallest absolute Gasteiger partial charge is 0.246 e. The van der Waals surface area contributed by atoms with Gasteiger partial charge in [-0.15, -0.1) is 11.8 Å². The number of carbonyl (C=O) groups is 2. The molecule has 1 aromatic heterocycles. The Morgan fingerprint density at radius 3 is 3.08 bits per heavy atom. The number of hydrogen-bond donors (Lipinski definition) is 0. The third kappa shape index (κ3) is 2.53. The number of rotatable bonds is 3. The fourth-order valence-corrected chi connectivity index (χ4v) is 5.55. The van der Waals surface area contributed by atoms with E-state index in [2.05, 4.69) is 22.7 Å². The van der Waals surface area contributed by atoms with Crippen molar-refractivity contribution in [3.05, 3.63) is 17.7 Å². The minimum Gasteiger partial charge on any atom is -0.338 e. The highest BCUT2D eigenvalue weighted by Crippen LogP contribution is 2.47. The normalized spacial score (nSPS) is 28.8. The molecule has 24 heavy (non-hydrogen) atoms. The zero-order chi connectivity index (χ0) is 16.9. The topological polar surface area (TPSA) is 58.4 Å². The molecule has 6 nitrogen and oxygen atoms in total. The molecule has 0 N–H and O–H groups in total. The Morgan fingerprint density at radius 2 is 2.29 bits per heavy atom. The van der Waals surface area contributed by atoms with Gasteiger partial charge in [0, 0.05) is 38.4 Å². The molecule has 2 saturated heterocycles. The SMILES string of the molecule is CN(Cc1cn2c(n1)CCCC2)C(=O)[C@@H]1CS[C@@]2(C)CCC(=O)N12. The van der Waals surface area contributed by atoms with Crippen LogP contribution in [0.1, 0.15) is 44.1 Å². The first-order valence-electron chi connectivity index (χ1n) is 8.74. The van der Waals surface area contributed by atoms with Crippen molar-refractivity contribution in [3.63, 3.8) is 0 Å². The van der Waals surface area contributed by atoms with Gasteiger partial charge >= 0.3 is 0 Å². The second-order valence-corrected chi connectivity index (χ2v) is 8.76. The van der Waals surface area contributed by atoms with Crippen molar-refractivity contribution in [1.82, 2.24) is 19.4 Å². The van der Waals surface area contributed by atoms with Crippen molar-refractivity contribution in [3.8, 4) is 0 Å². The van der Waals surface area contributed by atoms with Gasteiger partial charge in [-0.25, -0.2) is 4.98 Å². The fourth-order valence-electron chi connectivity index (χ4n) is 4.13. The van der Waals surface area contributed by atoms with Gasteiger partial charge in [-0.05, 0) is 26.2 Å². The largest absolute Gasteiger partial charge is 0.338 e. The van der Waals surface area contributed by atoms with E-state index in [1.54, 1.807) is 16.7 Å². The maximum Gasteiger partial charge on any atom is 0.246 e. The minimum absolute atomic E-state index is 0.0347. The number of carbonyl (C=O) groups excluding carboxylic acids is 2. The van der Waals surface area contributed by atoms with Crippen LogP contribution in [-0.2, 0) is 29.1 Å². The van der Waals surface area contributed by atoms with Gasteiger partial charge in [0.2, 0.25) is 11.8 Å². The molecular formula is C17H24N4O2S. The molecule has 3 aliphatic heterocycles. The van der Waals surface area contributed by atoms with Gasteiger partial charge in [0.15, 0.2) is 0 Å². The summed E-state index contributed by atoms with van der Waals surface area (Å²) >= 11 is 1.74. The van der Waals surface area contributed by atoms with E-state index in [1.807, 2.05) is 11.9 Å². The summed E-state index contributed by atoms with van der Waals surface area (Å²) in [6, 6.07) is -0.322. The summed E-state index contributed by atoms with van der Waals surface area (Å²) in [7, 11) is 1.82. The van der Waals surface area contributed by atoms with Crippen molar-refractivity contribution < 1.29 is 9.59 Å². The minimum atomic E-state index is -0.322. The lowest BCUT2D eigenvalue weighted by Crippen LogP contribution is -2.50. The molecule has 2 fully saturated rings. The number of fused-ring (bicyclic) bond motifs is 2. The van der Waals surface area contributed by atoms with Crippen LogP contribution in [0.3, 0.4) is 0 Å². The Kier molecular flexibility index (Phi) is 3.86. The highest BCUT2D eigenvalue weighted by Gasteiger charge is 2.53. The van der Waals surface area contributed by atoms with E-state index >= 15 is 0 Å². The van der Waals surface area contributed by atoms with E-state index in [1.165, 1.54) is 12.8 Å². The van der Waals surface area contributed by atoms with Gasteiger partial charge < -0.3 is 14.4 Å². The summed E-state index contributed by atoms with van der Waals surface area (Å²) in [6.07, 6.45) is 6.90. The first kappa shape index (κ1) is 16.0. The molecule has 0 radical (unpaired) electrons. The van der Waals surface area contributed by atoms with E-state index in [0.29, 0.717) is 18.7 Å². The molecule has 4 heterocycles. The average Bonchev–Trinajstić information content (AvgIpc) is 3.20. The lowest BCUT2D eigenvalue weighted by Gasteiger charge is -2.31. The van der Waals surface area contributed by atoms with Crippen LogP contribution in [0.4, 0.5) is 0 Å². The number of thioether (sulfide) groups is 1. The number of amides is 2. The van der Waals surface area contributed by atoms with Crippen LogP contribution >= 0.6 is 11.8 Å². The molecule has 0 aliphatic carbocycles. The van der Waals surface area contributed by atoms with Crippen molar-refractivity contribution in [2.75, 3.05) is 12.8 Å². The lowest BCUT2D eigenvalue weighted by atomic mass is 10.2. The third-order valence-electron chi connectivity index (χ3n) is 5.46. The van der Waals surface area contributed by atoms with Crippen LogP contribution in [-0.4, -0.2) is 54.9 Å². The van der Waals surface area contributed by atoms with Crippen molar-refractivity contribution in [1.29, 1.82) is 0 Å². The van der Waals surface area contributed by atoms with E-state index in [-0.39, 0.29) is 22.7 Å². The Morgan fingerprint density at radius 1 is 1.46 bits per heavy atom. The van der Waals surface area contributed by atoms with Gasteiger partial charge in [0.05, 0.1) is 17.1 Å². The average molecular weight is 348 g/mol. The number of imidazole rings is 1. The summed E-state index contributed by atoms with van der Waals surface area (Å²) in [5.41, 5.74) is 0.948. The quantitative estimate of drug-likeness (QED) is 0.833. The summed E-state index contributed by atoms with van der Waals surface area (Å²) in [4.78, 5) is 33.2. The van der Waals surface area contributed by atoms with Crippen LogP contribution in [0, 0.1) is 0 Å². The molecule has 0 unspecified atom stereocenters. The van der Waals surface area contributed by atoms with Crippen LogP contribution in [0.5, 0.6) is 0 Å². The molecule has 0 bridgehead atoms. The third-order valence-corrected chi connectivity index (χ3v) is 6.97. The second-order valence-electron chi connectivity index (χ2n) is 7.26. The molecular weight excluding hydrogens is 324 g/mol. The van der Waals surface area contributed by atoms with Gasteiger partial charge in [0.1, 0.15) is 11.9 Å². The van der Waals surface area contributed by atoms with E-state index in [4.69, 9.17) is 0 Å². The number of aryl methyl sites for hydroxylation is 2. The lowest BCUT2D eigenvalue weighted by molar-refractivity contribution is -0.143. The molecule has 3 aliphatic rings. The molecule has 0 spiro atoms. The molecule has 1 aromatic rings. The second kappa shape index (κ2) is 5.79. The van der Waals surface area contributed by atoms with Gasteiger partial charge in [-0.1, -0.05) is 0 Å². The Hall–Kier alpha value is -1.50. The summed E-state index contributed by atoms with van der Waals surface area (Å²) < 4.78 is 2.21. The molecule has 0 saturated carbocycles. The summed E-state index contributed by atoms with van der Waals surface area (Å²) in [6.45, 7) is 3.62. The van der Waals surface area contributed by atoms with Crippen LogP contribution < -0.4 is 0 Å². The van der Waals surface area contributed by atoms with Crippen LogP contribution in [0.15, 0.2) is 6.20 Å². The fraction of sp³-hybridized carbons (Fsp3) is 0.706. The van der Waals surface area contributed by atoms with Crippen LogP contribution in [0.2, 0.25) is 0 Å². The first-order chi connectivity index (χ1) is 11.5. The molecule has 4 rings (SSSR count). The maximum absolute atomic E-state index is 12.9. The van der Waals surface area contributed by atoms with Crippen molar-refractivity contribution >= 4 is 23.6 Å². The molecule has 2 atom stereocenters. The van der Waals surface area contributed by atoms with Gasteiger partial charge in [-0.3, -0.25) is 9.59 Å². The number of hydrogen-bond acceptors (Lipinski definition) is 4. The summed E-state index contributed by atoms with van der Waals surface area (Å²) in [5, 5.41) is 0. The molecule has 7 heteroatoms. The number of likely N-dealkylation sites (N-methyl/N-ethyl adjacent to an activating group) is 1. The predicted octanol–water partition coefficient (Wildman–Crippen LogP) is 1.63.